The Kier molecular flexibility index (Phi) is 2.80. The Labute approximate surface area is 106 Å². The topological polar surface area (TPSA) is 58.3 Å². The lowest BCUT2D eigenvalue weighted by molar-refractivity contribution is 0.168. The first-order valence-electron chi connectivity index (χ1n) is 6.22. The molecule has 4 nitrogen and oxygen atoms in total. The number of nitrogens with zero attached hydrogens (tertiary/aromatic N) is 2. The summed E-state index contributed by atoms with van der Waals surface area (Å²) in [6, 6.07) is 7.46. The molecule has 0 aliphatic heterocycles. The van der Waals surface area contributed by atoms with Gasteiger partial charge in [-0.25, -0.2) is 4.98 Å². The van der Waals surface area contributed by atoms with E-state index in [2.05, 4.69) is 9.55 Å². The van der Waals surface area contributed by atoms with Crippen LogP contribution in [0.4, 0.5) is 0 Å². The molecule has 1 aliphatic rings. The van der Waals surface area contributed by atoms with E-state index >= 15 is 0 Å². The van der Waals surface area contributed by atoms with Crippen LogP contribution in [0.25, 0.3) is 0 Å². The molecule has 0 bridgehead atoms. The average Bonchev–Trinajstić information content (AvgIpc) is 3.09. The van der Waals surface area contributed by atoms with E-state index in [1.807, 2.05) is 12.1 Å². The van der Waals surface area contributed by atoms with Crippen LogP contribution in [0.1, 0.15) is 36.2 Å². The van der Waals surface area contributed by atoms with Crippen LogP contribution in [0.5, 0.6) is 5.75 Å². The number of phenols is 1. The number of phenolic OH excluding ortho intramolecular Hbond substituents is 1. The summed E-state index contributed by atoms with van der Waals surface area (Å²) < 4.78 is 2.07. The molecule has 1 fully saturated rings. The maximum absolute atomic E-state index is 10.3. The van der Waals surface area contributed by atoms with Crippen LogP contribution >= 0.6 is 0 Å². The van der Waals surface area contributed by atoms with Gasteiger partial charge in [-0.15, -0.1) is 0 Å². The van der Waals surface area contributed by atoms with Gasteiger partial charge in [-0.1, -0.05) is 12.1 Å². The van der Waals surface area contributed by atoms with Crippen molar-refractivity contribution in [3.05, 3.63) is 48.0 Å². The van der Waals surface area contributed by atoms with Crippen LogP contribution in [0.2, 0.25) is 0 Å². The monoisotopic (exact) mass is 244 g/mol. The van der Waals surface area contributed by atoms with Crippen LogP contribution in [0, 0.1) is 0 Å². The Morgan fingerprint density at radius 2 is 2.00 bits per heavy atom. The molecule has 1 aliphatic carbocycles. The molecule has 94 valence electrons. The van der Waals surface area contributed by atoms with Gasteiger partial charge in [0.15, 0.2) is 0 Å². The zero-order valence-corrected chi connectivity index (χ0v) is 10.0. The fourth-order valence-electron chi connectivity index (χ4n) is 2.19. The van der Waals surface area contributed by atoms with Gasteiger partial charge < -0.3 is 14.8 Å². The molecule has 1 unspecified atom stereocenters. The lowest BCUT2D eigenvalue weighted by Gasteiger charge is -2.13. The zero-order chi connectivity index (χ0) is 12.5. The molecule has 1 saturated carbocycles. The molecule has 0 amide bonds. The van der Waals surface area contributed by atoms with Crippen LogP contribution in [-0.2, 0) is 6.42 Å². The second-order valence-electron chi connectivity index (χ2n) is 4.84. The van der Waals surface area contributed by atoms with Gasteiger partial charge in [0, 0.05) is 12.5 Å². The Bertz CT molecular complexity index is 529. The third-order valence-corrected chi connectivity index (χ3v) is 3.34. The van der Waals surface area contributed by atoms with Crippen LogP contribution in [-0.4, -0.2) is 19.8 Å². The third kappa shape index (κ3) is 2.24. The van der Waals surface area contributed by atoms with Crippen molar-refractivity contribution in [3.63, 3.8) is 0 Å². The summed E-state index contributed by atoms with van der Waals surface area (Å²) in [6.45, 7) is 0. The number of benzene rings is 1. The van der Waals surface area contributed by atoms with Crippen molar-refractivity contribution in [2.45, 2.75) is 31.4 Å². The minimum absolute atomic E-state index is 0.247. The fraction of sp³-hybridized carbons (Fsp3) is 0.357. The van der Waals surface area contributed by atoms with E-state index in [1.54, 1.807) is 24.7 Å². The Balaban J connectivity index is 1.75. The molecule has 4 heteroatoms. The van der Waals surface area contributed by atoms with Gasteiger partial charge in [-0.05, 0) is 30.5 Å². The number of imidazole rings is 1. The normalized spacial score (nSPS) is 16.7. The summed E-state index contributed by atoms with van der Waals surface area (Å²) in [4.78, 5) is 4.12. The molecule has 1 aromatic heterocycles. The van der Waals surface area contributed by atoms with E-state index in [1.165, 1.54) is 12.8 Å². The molecule has 1 heterocycles. The standard InChI is InChI=1S/C14H16N2O2/c17-12-5-1-10(2-6-12)7-14(18)13-8-15-9-16(13)11-3-4-11/h1-2,5-6,8-9,11,14,17-18H,3-4,7H2. The van der Waals surface area contributed by atoms with E-state index in [4.69, 9.17) is 0 Å². The van der Waals surface area contributed by atoms with Gasteiger partial charge in [-0.3, -0.25) is 0 Å². The lowest BCUT2D eigenvalue weighted by atomic mass is 10.1. The summed E-state index contributed by atoms with van der Waals surface area (Å²) in [5.74, 6) is 0.247. The van der Waals surface area contributed by atoms with Crippen molar-refractivity contribution < 1.29 is 10.2 Å². The first kappa shape index (κ1) is 11.3. The third-order valence-electron chi connectivity index (χ3n) is 3.34. The number of aromatic hydroxyl groups is 1. The van der Waals surface area contributed by atoms with Gasteiger partial charge in [0.25, 0.3) is 0 Å². The smallest absolute Gasteiger partial charge is 0.115 e. The molecule has 1 aromatic carbocycles. The molecule has 1 atom stereocenters. The second-order valence-corrected chi connectivity index (χ2v) is 4.84. The summed E-state index contributed by atoms with van der Waals surface area (Å²) in [5.41, 5.74) is 1.88. The molecule has 18 heavy (non-hydrogen) atoms. The lowest BCUT2D eigenvalue weighted by Crippen LogP contribution is -2.08. The predicted octanol–water partition coefficient (Wildman–Crippen LogP) is 2.20. The van der Waals surface area contributed by atoms with E-state index in [0.29, 0.717) is 12.5 Å². The molecular formula is C14H16N2O2. The first-order chi connectivity index (χ1) is 8.74. The van der Waals surface area contributed by atoms with E-state index < -0.39 is 6.10 Å². The predicted molar refractivity (Wildman–Crippen MR) is 67.3 cm³/mol. The first-order valence-corrected chi connectivity index (χ1v) is 6.22. The molecule has 2 aromatic rings. The minimum Gasteiger partial charge on any atom is -0.508 e. The van der Waals surface area contributed by atoms with Crippen molar-refractivity contribution in [2.75, 3.05) is 0 Å². The van der Waals surface area contributed by atoms with Crippen molar-refractivity contribution in [3.8, 4) is 5.75 Å². The maximum Gasteiger partial charge on any atom is 0.115 e. The molecule has 0 radical (unpaired) electrons. The number of aliphatic hydroxyl groups is 1. The summed E-state index contributed by atoms with van der Waals surface area (Å²) >= 11 is 0. The maximum atomic E-state index is 10.3. The summed E-state index contributed by atoms with van der Waals surface area (Å²) in [6.07, 6.45) is 5.89. The SMILES string of the molecule is Oc1ccc(CC(O)c2cncn2C2CC2)cc1. The van der Waals surface area contributed by atoms with Gasteiger partial charge in [0.1, 0.15) is 5.75 Å². The average molecular weight is 244 g/mol. The summed E-state index contributed by atoms with van der Waals surface area (Å²) in [7, 11) is 0. The molecule has 0 spiro atoms. The number of hydrogen-bond acceptors (Lipinski definition) is 3. The van der Waals surface area contributed by atoms with E-state index in [9.17, 15) is 10.2 Å². The Morgan fingerprint density at radius 1 is 1.28 bits per heavy atom. The van der Waals surface area contributed by atoms with Crippen LogP contribution < -0.4 is 0 Å². The number of aromatic nitrogens is 2. The van der Waals surface area contributed by atoms with E-state index in [-0.39, 0.29) is 5.75 Å². The number of rotatable bonds is 4. The summed E-state index contributed by atoms with van der Waals surface area (Å²) in [5, 5.41) is 19.5. The van der Waals surface area contributed by atoms with Gasteiger partial charge in [-0.2, -0.15) is 0 Å². The number of hydrogen-bond donors (Lipinski definition) is 2. The van der Waals surface area contributed by atoms with Crippen molar-refractivity contribution in [2.24, 2.45) is 0 Å². The van der Waals surface area contributed by atoms with Gasteiger partial charge >= 0.3 is 0 Å². The molecular weight excluding hydrogens is 228 g/mol. The highest BCUT2D eigenvalue weighted by Crippen LogP contribution is 2.37. The van der Waals surface area contributed by atoms with Gasteiger partial charge in [0.2, 0.25) is 0 Å². The molecule has 3 rings (SSSR count). The van der Waals surface area contributed by atoms with Crippen molar-refractivity contribution in [1.29, 1.82) is 0 Å². The van der Waals surface area contributed by atoms with Crippen molar-refractivity contribution in [1.82, 2.24) is 9.55 Å². The highest BCUT2D eigenvalue weighted by molar-refractivity contribution is 5.27. The Hall–Kier alpha value is -1.81. The van der Waals surface area contributed by atoms with Crippen molar-refractivity contribution >= 4 is 0 Å². The minimum atomic E-state index is -0.544. The van der Waals surface area contributed by atoms with Crippen LogP contribution in [0.15, 0.2) is 36.8 Å². The Morgan fingerprint density at radius 3 is 2.67 bits per heavy atom. The van der Waals surface area contributed by atoms with Crippen LogP contribution in [0.3, 0.4) is 0 Å². The highest BCUT2D eigenvalue weighted by Gasteiger charge is 2.27. The highest BCUT2D eigenvalue weighted by atomic mass is 16.3. The second kappa shape index (κ2) is 4.46. The quantitative estimate of drug-likeness (QED) is 0.866. The largest absolute Gasteiger partial charge is 0.508 e. The zero-order valence-electron chi connectivity index (χ0n) is 10.0. The van der Waals surface area contributed by atoms with E-state index in [0.717, 1.165) is 11.3 Å². The van der Waals surface area contributed by atoms with Gasteiger partial charge in [0.05, 0.1) is 24.3 Å². The number of aliphatic hydroxyl groups excluding tert-OH is 1. The molecule has 2 N–H and O–H groups in total. The molecule has 0 saturated heterocycles. The fourth-order valence-corrected chi connectivity index (χ4v) is 2.19.